The minimum atomic E-state index is -0.143. The SMILES string of the molecule is COCCOCCOC(=O)C(C(C)(C)C)C(C)(C)C. The molecule has 0 aromatic rings. The molecular formula is C15H30O4. The number of ether oxygens (including phenoxy) is 3. The first-order chi connectivity index (χ1) is 8.60. The van der Waals surface area contributed by atoms with Crippen LogP contribution in [0.15, 0.2) is 0 Å². The van der Waals surface area contributed by atoms with E-state index in [0.717, 1.165) is 0 Å². The molecule has 0 aliphatic carbocycles. The Balaban J connectivity index is 4.22. The first kappa shape index (κ1) is 18.4. The molecule has 114 valence electrons. The first-order valence-electron chi connectivity index (χ1n) is 6.84. The lowest BCUT2D eigenvalue weighted by Crippen LogP contribution is -2.40. The van der Waals surface area contributed by atoms with E-state index in [-0.39, 0.29) is 22.7 Å². The predicted molar refractivity (Wildman–Crippen MR) is 76.1 cm³/mol. The van der Waals surface area contributed by atoms with Gasteiger partial charge in [0.25, 0.3) is 0 Å². The molecule has 0 aromatic heterocycles. The zero-order valence-electron chi connectivity index (χ0n) is 13.5. The molecule has 0 radical (unpaired) electrons. The molecule has 0 unspecified atom stereocenters. The number of carbonyl (C=O) groups is 1. The second-order valence-corrected chi connectivity index (χ2v) is 6.94. The van der Waals surface area contributed by atoms with Crippen LogP contribution in [0.5, 0.6) is 0 Å². The molecule has 0 rings (SSSR count). The van der Waals surface area contributed by atoms with Gasteiger partial charge < -0.3 is 14.2 Å². The molecule has 0 bridgehead atoms. The zero-order chi connectivity index (χ0) is 15.1. The summed E-state index contributed by atoms with van der Waals surface area (Å²) in [7, 11) is 1.63. The second-order valence-electron chi connectivity index (χ2n) is 6.94. The standard InChI is InChI=1S/C15H30O4/c1-14(2,3)12(15(4,5)6)13(16)19-11-10-18-9-8-17-7/h12H,8-11H2,1-7H3. The fourth-order valence-electron chi connectivity index (χ4n) is 2.53. The van der Waals surface area contributed by atoms with Gasteiger partial charge in [0.2, 0.25) is 0 Å². The molecule has 0 amide bonds. The highest BCUT2D eigenvalue weighted by Gasteiger charge is 2.41. The molecule has 0 fully saturated rings. The summed E-state index contributed by atoms with van der Waals surface area (Å²) in [6.07, 6.45) is 0. The lowest BCUT2D eigenvalue weighted by atomic mass is 9.67. The van der Waals surface area contributed by atoms with Crippen LogP contribution >= 0.6 is 0 Å². The molecule has 4 nitrogen and oxygen atoms in total. The van der Waals surface area contributed by atoms with E-state index in [1.54, 1.807) is 7.11 Å². The maximum atomic E-state index is 12.2. The maximum Gasteiger partial charge on any atom is 0.310 e. The number of rotatable bonds is 7. The maximum absolute atomic E-state index is 12.2. The summed E-state index contributed by atoms with van der Waals surface area (Å²) in [5, 5.41) is 0. The second kappa shape index (κ2) is 7.85. The largest absolute Gasteiger partial charge is 0.463 e. The van der Waals surface area contributed by atoms with Crippen molar-refractivity contribution in [3.05, 3.63) is 0 Å². The summed E-state index contributed by atoms with van der Waals surface area (Å²) < 4.78 is 15.5. The van der Waals surface area contributed by atoms with Crippen molar-refractivity contribution in [2.75, 3.05) is 33.5 Å². The highest BCUT2D eigenvalue weighted by Crippen LogP contribution is 2.40. The van der Waals surface area contributed by atoms with E-state index in [1.807, 2.05) is 0 Å². The van der Waals surface area contributed by atoms with Crippen LogP contribution in [-0.4, -0.2) is 39.5 Å². The van der Waals surface area contributed by atoms with E-state index in [0.29, 0.717) is 26.4 Å². The van der Waals surface area contributed by atoms with Crippen molar-refractivity contribution in [2.24, 2.45) is 16.7 Å². The Morgan fingerprint density at radius 2 is 1.37 bits per heavy atom. The molecule has 0 spiro atoms. The third kappa shape index (κ3) is 7.53. The fraction of sp³-hybridized carbons (Fsp3) is 0.933. The molecule has 0 aliphatic heterocycles. The molecule has 0 aliphatic rings. The van der Waals surface area contributed by atoms with Crippen LogP contribution in [-0.2, 0) is 19.0 Å². The monoisotopic (exact) mass is 274 g/mol. The molecule has 19 heavy (non-hydrogen) atoms. The van der Waals surface area contributed by atoms with E-state index in [2.05, 4.69) is 41.5 Å². The summed E-state index contributed by atoms with van der Waals surface area (Å²) >= 11 is 0. The Bertz CT molecular complexity index is 246. The van der Waals surface area contributed by atoms with Crippen molar-refractivity contribution >= 4 is 5.97 Å². The van der Waals surface area contributed by atoms with E-state index < -0.39 is 0 Å². The van der Waals surface area contributed by atoms with Gasteiger partial charge in [-0.2, -0.15) is 0 Å². The van der Waals surface area contributed by atoms with Crippen LogP contribution in [0.1, 0.15) is 41.5 Å². The Morgan fingerprint density at radius 1 is 0.895 bits per heavy atom. The summed E-state index contributed by atoms with van der Waals surface area (Å²) in [6, 6.07) is 0. The van der Waals surface area contributed by atoms with Crippen molar-refractivity contribution in [2.45, 2.75) is 41.5 Å². The third-order valence-electron chi connectivity index (χ3n) is 2.87. The predicted octanol–water partition coefficient (Wildman–Crippen LogP) is 2.90. The van der Waals surface area contributed by atoms with Gasteiger partial charge in [-0.15, -0.1) is 0 Å². The van der Waals surface area contributed by atoms with Gasteiger partial charge >= 0.3 is 5.97 Å². The van der Waals surface area contributed by atoms with Crippen molar-refractivity contribution in [3.8, 4) is 0 Å². The van der Waals surface area contributed by atoms with Crippen LogP contribution in [0.3, 0.4) is 0 Å². The van der Waals surface area contributed by atoms with Crippen LogP contribution in [0.4, 0.5) is 0 Å². The fourth-order valence-corrected chi connectivity index (χ4v) is 2.53. The number of hydrogen-bond acceptors (Lipinski definition) is 4. The molecule has 0 atom stereocenters. The minimum Gasteiger partial charge on any atom is -0.463 e. The van der Waals surface area contributed by atoms with Gasteiger partial charge in [-0.1, -0.05) is 41.5 Å². The Kier molecular flexibility index (Phi) is 7.60. The van der Waals surface area contributed by atoms with Crippen molar-refractivity contribution in [1.82, 2.24) is 0 Å². The van der Waals surface area contributed by atoms with Gasteiger partial charge in [0, 0.05) is 7.11 Å². The van der Waals surface area contributed by atoms with Crippen LogP contribution in [0.25, 0.3) is 0 Å². The average Bonchev–Trinajstić information content (AvgIpc) is 2.18. The number of methoxy groups -OCH3 is 1. The first-order valence-corrected chi connectivity index (χ1v) is 6.84. The highest BCUT2D eigenvalue weighted by atomic mass is 16.6. The van der Waals surface area contributed by atoms with E-state index >= 15 is 0 Å². The van der Waals surface area contributed by atoms with Crippen molar-refractivity contribution in [1.29, 1.82) is 0 Å². The zero-order valence-corrected chi connectivity index (χ0v) is 13.5. The van der Waals surface area contributed by atoms with Crippen molar-refractivity contribution in [3.63, 3.8) is 0 Å². The van der Waals surface area contributed by atoms with E-state index in [9.17, 15) is 4.79 Å². The molecule has 4 heteroatoms. The summed E-state index contributed by atoms with van der Waals surface area (Å²) in [4.78, 5) is 12.2. The molecular weight excluding hydrogens is 244 g/mol. The number of hydrogen-bond donors (Lipinski definition) is 0. The molecule has 0 saturated heterocycles. The highest BCUT2D eigenvalue weighted by molar-refractivity contribution is 5.74. The smallest absolute Gasteiger partial charge is 0.310 e. The number of esters is 1. The van der Waals surface area contributed by atoms with Crippen LogP contribution in [0, 0.1) is 16.7 Å². The summed E-state index contributed by atoms with van der Waals surface area (Å²) in [6.45, 7) is 14.2. The summed E-state index contributed by atoms with van der Waals surface area (Å²) in [5.41, 5.74) is -0.238. The van der Waals surface area contributed by atoms with Crippen LogP contribution in [0.2, 0.25) is 0 Å². The van der Waals surface area contributed by atoms with Gasteiger partial charge in [-0.25, -0.2) is 0 Å². The van der Waals surface area contributed by atoms with Crippen molar-refractivity contribution < 1.29 is 19.0 Å². The van der Waals surface area contributed by atoms with Gasteiger partial charge in [0.05, 0.1) is 25.7 Å². The summed E-state index contributed by atoms with van der Waals surface area (Å²) in [5.74, 6) is -0.283. The topological polar surface area (TPSA) is 44.8 Å². The van der Waals surface area contributed by atoms with Gasteiger partial charge in [0.15, 0.2) is 0 Å². The molecule has 0 heterocycles. The Labute approximate surface area is 117 Å². The average molecular weight is 274 g/mol. The normalized spacial score (nSPS) is 12.8. The van der Waals surface area contributed by atoms with Gasteiger partial charge in [-0.3, -0.25) is 4.79 Å². The number of carbonyl (C=O) groups excluding carboxylic acids is 1. The Hall–Kier alpha value is -0.610. The van der Waals surface area contributed by atoms with E-state index in [1.165, 1.54) is 0 Å². The minimum absolute atomic E-state index is 0.119. The van der Waals surface area contributed by atoms with E-state index in [4.69, 9.17) is 14.2 Å². The molecule has 0 saturated carbocycles. The molecule has 0 N–H and O–H groups in total. The third-order valence-corrected chi connectivity index (χ3v) is 2.87. The van der Waals surface area contributed by atoms with Crippen LogP contribution < -0.4 is 0 Å². The van der Waals surface area contributed by atoms with Gasteiger partial charge in [0.1, 0.15) is 6.61 Å². The lowest BCUT2D eigenvalue weighted by molar-refractivity contribution is -0.159. The van der Waals surface area contributed by atoms with Gasteiger partial charge in [-0.05, 0) is 10.8 Å². The Morgan fingerprint density at radius 3 is 1.79 bits per heavy atom. The lowest BCUT2D eigenvalue weighted by Gasteiger charge is -2.38. The molecule has 0 aromatic carbocycles. The quantitative estimate of drug-likeness (QED) is 0.529.